The number of piperidine rings is 1. The third-order valence-corrected chi connectivity index (χ3v) is 4.75. The lowest BCUT2D eigenvalue weighted by Gasteiger charge is -2.35. The molecule has 0 unspecified atom stereocenters. The van der Waals surface area contributed by atoms with E-state index in [0.717, 1.165) is 13.1 Å². The van der Waals surface area contributed by atoms with E-state index in [-0.39, 0.29) is 5.78 Å². The van der Waals surface area contributed by atoms with E-state index in [9.17, 15) is 9.90 Å². The number of hydrogen-bond donors (Lipinski definition) is 1. The molecule has 6 heteroatoms. The number of Topliss-reactive ketones (excluding diaryl/α,β-unsaturated/α-hetero) is 1. The monoisotopic (exact) mass is 307 g/mol. The van der Waals surface area contributed by atoms with E-state index in [1.165, 1.54) is 11.3 Å². The van der Waals surface area contributed by atoms with Crippen LogP contribution in [-0.2, 0) is 0 Å². The number of ketones is 1. The molecule has 0 atom stereocenters. The van der Waals surface area contributed by atoms with Gasteiger partial charge in [0.1, 0.15) is 4.34 Å². The van der Waals surface area contributed by atoms with Gasteiger partial charge in [-0.2, -0.15) is 0 Å². The quantitative estimate of drug-likeness (QED) is 0.872. The summed E-state index contributed by atoms with van der Waals surface area (Å²) in [6.07, 6.45) is 1.39. The van der Waals surface area contributed by atoms with Crippen molar-refractivity contribution in [1.82, 2.24) is 4.90 Å². The van der Waals surface area contributed by atoms with Crippen molar-refractivity contribution in [3.8, 4) is 0 Å². The smallest absolute Gasteiger partial charge is 0.179 e. The van der Waals surface area contributed by atoms with Gasteiger partial charge in [-0.05, 0) is 25.8 Å². The highest BCUT2D eigenvalue weighted by molar-refractivity contribution is 7.20. The number of halogens is 2. The molecule has 1 aliphatic rings. The number of nitrogens with zero attached hydrogens (tertiary/aromatic N) is 1. The molecule has 0 amide bonds. The van der Waals surface area contributed by atoms with Crippen LogP contribution in [-0.4, -0.2) is 41.0 Å². The first-order valence-electron chi connectivity index (χ1n) is 5.80. The molecule has 100 valence electrons. The molecule has 0 aliphatic carbocycles. The largest absolute Gasteiger partial charge is 0.390 e. The van der Waals surface area contributed by atoms with Crippen LogP contribution in [0.1, 0.15) is 30.1 Å². The molecule has 1 fully saturated rings. The number of carbonyl (C=O) groups is 1. The Morgan fingerprint density at radius 3 is 2.61 bits per heavy atom. The highest BCUT2D eigenvalue weighted by atomic mass is 35.5. The summed E-state index contributed by atoms with van der Waals surface area (Å²) < 4.78 is 0.985. The van der Waals surface area contributed by atoms with Crippen LogP contribution in [0, 0.1) is 0 Å². The lowest BCUT2D eigenvalue weighted by molar-refractivity contribution is -0.00419. The molecular weight excluding hydrogens is 293 g/mol. The Balaban J connectivity index is 1.95. The van der Waals surface area contributed by atoms with Crippen LogP contribution < -0.4 is 0 Å². The van der Waals surface area contributed by atoms with Crippen molar-refractivity contribution in [3.05, 3.63) is 20.3 Å². The van der Waals surface area contributed by atoms with Crippen molar-refractivity contribution in [3.63, 3.8) is 0 Å². The maximum absolute atomic E-state index is 12.1. The van der Waals surface area contributed by atoms with Crippen molar-refractivity contribution >= 4 is 40.3 Å². The van der Waals surface area contributed by atoms with Crippen molar-refractivity contribution in [2.45, 2.75) is 25.4 Å². The summed E-state index contributed by atoms with van der Waals surface area (Å²) in [6.45, 7) is 3.63. The van der Waals surface area contributed by atoms with Crippen molar-refractivity contribution in [2.24, 2.45) is 0 Å². The van der Waals surface area contributed by atoms with Gasteiger partial charge in [0, 0.05) is 13.1 Å². The molecule has 0 aromatic carbocycles. The molecule has 18 heavy (non-hydrogen) atoms. The Morgan fingerprint density at radius 1 is 1.50 bits per heavy atom. The predicted octanol–water partition coefficient (Wildman–Crippen LogP) is 3.08. The second-order valence-electron chi connectivity index (χ2n) is 4.93. The second kappa shape index (κ2) is 5.47. The SMILES string of the molecule is CC1(O)CCN(CC(=O)c2cc(Cl)sc2Cl)CC1. The Hall–Kier alpha value is -0.130. The van der Waals surface area contributed by atoms with Crippen LogP contribution in [0.4, 0.5) is 0 Å². The van der Waals surface area contributed by atoms with Gasteiger partial charge < -0.3 is 5.11 Å². The van der Waals surface area contributed by atoms with Crippen LogP contribution >= 0.6 is 34.5 Å². The summed E-state index contributed by atoms with van der Waals surface area (Å²) in [5, 5.41) is 9.84. The van der Waals surface area contributed by atoms with Gasteiger partial charge in [-0.25, -0.2) is 0 Å². The van der Waals surface area contributed by atoms with Crippen LogP contribution in [0.25, 0.3) is 0 Å². The Morgan fingerprint density at radius 2 is 2.11 bits per heavy atom. The highest BCUT2D eigenvalue weighted by Crippen LogP contribution is 2.31. The Kier molecular flexibility index (Phi) is 4.34. The molecule has 0 radical (unpaired) electrons. The van der Waals surface area contributed by atoms with E-state index < -0.39 is 5.60 Å². The van der Waals surface area contributed by atoms with E-state index in [1.54, 1.807) is 6.07 Å². The molecule has 2 rings (SSSR count). The Labute approximate surface area is 120 Å². The van der Waals surface area contributed by atoms with Crippen molar-refractivity contribution < 1.29 is 9.90 Å². The second-order valence-corrected chi connectivity index (χ2v) is 7.22. The number of hydrogen-bond acceptors (Lipinski definition) is 4. The van der Waals surface area contributed by atoms with Gasteiger partial charge in [-0.15, -0.1) is 11.3 Å². The first-order chi connectivity index (χ1) is 8.37. The molecule has 1 aliphatic heterocycles. The third kappa shape index (κ3) is 3.45. The van der Waals surface area contributed by atoms with Gasteiger partial charge in [0.15, 0.2) is 5.78 Å². The first kappa shape index (κ1) is 14.3. The van der Waals surface area contributed by atoms with Gasteiger partial charge >= 0.3 is 0 Å². The third-order valence-electron chi connectivity index (χ3n) is 3.26. The van der Waals surface area contributed by atoms with Crippen LogP contribution in [0.3, 0.4) is 0 Å². The molecule has 0 spiro atoms. The number of likely N-dealkylation sites (tertiary alicyclic amines) is 1. The van der Waals surface area contributed by atoms with E-state index in [2.05, 4.69) is 0 Å². The zero-order valence-corrected chi connectivity index (χ0v) is 12.4. The molecule has 3 nitrogen and oxygen atoms in total. The number of thiophene rings is 1. The molecule has 0 saturated carbocycles. The Bertz CT molecular complexity index is 449. The van der Waals surface area contributed by atoms with Crippen LogP contribution in [0.2, 0.25) is 8.67 Å². The van der Waals surface area contributed by atoms with Crippen LogP contribution in [0.5, 0.6) is 0 Å². The summed E-state index contributed by atoms with van der Waals surface area (Å²) in [7, 11) is 0. The van der Waals surface area contributed by atoms with E-state index in [0.29, 0.717) is 33.6 Å². The fourth-order valence-corrected chi connectivity index (χ4v) is 3.51. The fraction of sp³-hybridized carbons (Fsp3) is 0.583. The maximum atomic E-state index is 12.1. The van der Waals surface area contributed by atoms with Gasteiger partial charge in [0.25, 0.3) is 0 Å². The lowest BCUT2D eigenvalue weighted by atomic mass is 9.93. The van der Waals surface area contributed by atoms with Crippen molar-refractivity contribution in [1.29, 1.82) is 0 Å². The molecule has 1 aromatic rings. The van der Waals surface area contributed by atoms with Crippen molar-refractivity contribution in [2.75, 3.05) is 19.6 Å². The molecule has 1 N–H and O–H groups in total. The molecular formula is C12H15Cl2NO2S. The van der Waals surface area contributed by atoms with E-state index in [4.69, 9.17) is 23.2 Å². The highest BCUT2D eigenvalue weighted by Gasteiger charge is 2.28. The summed E-state index contributed by atoms with van der Waals surface area (Å²) >= 11 is 13.0. The summed E-state index contributed by atoms with van der Waals surface area (Å²) in [5.41, 5.74) is -0.0907. The lowest BCUT2D eigenvalue weighted by Crippen LogP contribution is -2.44. The number of aliphatic hydroxyl groups is 1. The first-order valence-corrected chi connectivity index (χ1v) is 7.37. The molecule has 1 saturated heterocycles. The van der Waals surface area contributed by atoms with Crippen LogP contribution in [0.15, 0.2) is 6.07 Å². The summed E-state index contributed by atoms with van der Waals surface area (Å²) in [6, 6.07) is 1.62. The van der Waals surface area contributed by atoms with Gasteiger partial charge in [0.05, 0.1) is 22.0 Å². The van der Waals surface area contributed by atoms with Gasteiger partial charge in [-0.3, -0.25) is 9.69 Å². The molecule has 1 aromatic heterocycles. The van der Waals surface area contributed by atoms with Gasteiger partial charge in [0.2, 0.25) is 0 Å². The minimum Gasteiger partial charge on any atom is -0.390 e. The minimum atomic E-state index is -0.594. The topological polar surface area (TPSA) is 40.5 Å². The fourth-order valence-electron chi connectivity index (χ4n) is 2.01. The maximum Gasteiger partial charge on any atom is 0.179 e. The molecule has 2 heterocycles. The summed E-state index contributed by atoms with van der Waals surface area (Å²) in [4.78, 5) is 14.1. The average Bonchev–Trinajstić information content (AvgIpc) is 2.61. The van der Waals surface area contributed by atoms with E-state index in [1.807, 2.05) is 11.8 Å². The zero-order chi connectivity index (χ0) is 13.3. The molecule has 0 bridgehead atoms. The average molecular weight is 308 g/mol. The normalized spacial score (nSPS) is 20.0. The minimum absolute atomic E-state index is 0.00954. The predicted molar refractivity (Wildman–Crippen MR) is 75.0 cm³/mol. The van der Waals surface area contributed by atoms with E-state index >= 15 is 0 Å². The summed E-state index contributed by atoms with van der Waals surface area (Å²) in [5.74, 6) is -0.00954. The van der Waals surface area contributed by atoms with Gasteiger partial charge in [-0.1, -0.05) is 23.2 Å². The standard InChI is InChI=1S/C12H15Cl2NO2S/c1-12(17)2-4-15(5-3-12)7-9(16)8-6-10(13)18-11(8)14/h6,17H,2-5,7H2,1H3. The number of rotatable bonds is 3. The number of carbonyl (C=O) groups excluding carboxylic acids is 1. The zero-order valence-electron chi connectivity index (χ0n) is 10.1.